The van der Waals surface area contributed by atoms with E-state index < -0.39 is 0 Å². The molecule has 0 aliphatic heterocycles. The van der Waals surface area contributed by atoms with Crippen LogP contribution in [0.1, 0.15) is 30.7 Å². The average molecular weight is 276 g/mol. The maximum absolute atomic E-state index is 6.08. The van der Waals surface area contributed by atoms with E-state index in [-0.39, 0.29) is 11.5 Å². The zero-order valence-electron chi connectivity index (χ0n) is 11.8. The quantitative estimate of drug-likeness (QED) is 0.885. The van der Waals surface area contributed by atoms with Crippen LogP contribution in [-0.4, -0.2) is 22.1 Å². The van der Waals surface area contributed by atoms with Crippen LogP contribution < -0.4 is 11.1 Å². The summed E-state index contributed by atoms with van der Waals surface area (Å²) in [6.07, 6.45) is 2.65. The molecule has 2 heterocycles. The number of anilines is 1. The molecule has 2 unspecified atom stereocenters. The average Bonchev–Trinajstić information content (AvgIpc) is 2.66. The number of fused-ring (bicyclic) bond motifs is 1. The first-order valence-corrected chi connectivity index (χ1v) is 7.45. The fourth-order valence-corrected chi connectivity index (χ4v) is 3.66. The fraction of sp³-hybridized carbons (Fsp3) is 0.571. The molecule has 1 aliphatic carbocycles. The summed E-state index contributed by atoms with van der Waals surface area (Å²) in [6.45, 7) is 8.70. The largest absolute Gasteiger partial charge is 0.366 e. The van der Waals surface area contributed by atoms with E-state index in [0.29, 0.717) is 6.04 Å². The molecule has 2 aromatic rings. The Morgan fingerprint density at radius 3 is 2.74 bits per heavy atom. The number of thiophene rings is 1. The van der Waals surface area contributed by atoms with Gasteiger partial charge in [0, 0.05) is 22.4 Å². The number of hydrogen-bond acceptors (Lipinski definition) is 5. The summed E-state index contributed by atoms with van der Waals surface area (Å²) in [6, 6.07) is 0.660. The monoisotopic (exact) mass is 276 g/mol. The van der Waals surface area contributed by atoms with Crippen LogP contribution in [0.3, 0.4) is 0 Å². The van der Waals surface area contributed by atoms with Gasteiger partial charge in [0.2, 0.25) is 0 Å². The highest BCUT2D eigenvalue weighted by atomic mass is 32.1. The van der Waals surface area contributed by atoms with Crippen molar-refractivity contribution in [3.8, 4) is 0 Å². The highest BCUT2D eigenvalue weighted by molar-refractivity contribution is 7.18. The minimum absolute atomic E-state index is 0.121. The molecule has 0 aromatic carbocycles. The Balaban J connectivity index is 1.98. The molecule has 0 spiro atoms. The molecule has 0 bridgehead atoms. The first-order valence-electron chi connectivity index (χ1n) is 6.64. The summed E-state index contributed by atoms with van der Waals surface area (Å²) >= 11 is 1.73. The van der Waals surface area contributed by atoms with Crippen molar-refractivity contribution < 1.29 is 0 Å². The Morgan fingerprint density at radius 2 is 2.11 bits per heavy atom. The van der Waals surface area contributed by atoms with Crippen molar-refractivity contribution in [3.63, 3.8) is 0 Å². The van der Waals surface area contributed by atoms with Crippen LogP contribution in [0.5, 0.6) is 0 Å². The van der Waals surface area contributed by atoms with Crippen LogP contribution >= 0.6 is 11.3 Å². The third kappa shape index (κ3) is 1.83. The summed E-state index contributed by atoms with van der Waals surface area (Å²) in [4.78, 5) is 11.2. The van der Waals surface area contributed by atoms with E-state index in [1.165, 1.54) is 15.8 Å². The van der Waals surface area contributed by atoms with E-state index in [9.17, 15) is 0 Å². The third-order valence-electron chi connectivity index (χ3n) is 4.62. The van der Waals surface area contributed by atoms with Gasteiger partial charge >= 0.3 is 0 Å². The molecule has 0 amide bonds. The van der Waals surface area contributed by atoms with E-state index in [1.54, 1.807) is 17.7 Å². The smallest absolute Gasteiger partial charge is 0.138 e. The Kier molecular flexibility index (Phi) is 2.80. The lowest BCUT2D eigenvalue weighted by molar-refractivity contribution is 0.117. The van der Waals surface area contributed by atoms with Crippen LogP contribution in [-0.2, 0) is 0 Å². The molecule has 3 N–H and O–H groups in total. The number of aryl methyl sites for hydroxylation is 2. The molecular formula is C14H20N4S. The summed E-state index contributed by atoms with van der Waals surface area (Å²) in [5, 5.41) is 4.74. The Bertz CT molecular complexity index is 632. The molecule has 2 atom stereocenters. The SMILES string of the molecule is Cc1sc2ncnc(NC3CC(N)C3(C)C)c2c1C. The number of rotatable bonds is 2. The predicted octanol–water partition coefficient (Wildman–Crippen LogP) is 2.85. The summed E-state index contributed by atoms with van der Waals surface area (Å²) in [5.74, 6) is 0.955. The van der Waals surface area contributed by atoms with Gasteiger partial charge in [0.15, 0.2) is 0 Å². The van der Waals surface area contributed by atoms with Gasteiger partial charge in [-0.15, -0.1) is 11.3 Å². The van der Waals surface area contributed by atoms with E-state index in [1.807, 2.05) is 0 Å². The molecular weight excluding hydrogens is 256 g/mol. The molecule has 4 nitrogen and oxygen atoms in total. The maximum Gasteiger partial charge on any atom is 0.138 e. The Labute approximate surface area is 117 Å². The van der Waals surface area contributed by atoms with Crippen molar-refractivity contribution in [2.45, 2.75) is 46.2 Å². The van der Waals surface area contributed by atoms with Crippen molar-refractivity contribution in [1.82, 2.24) is 9.97 Å². The van der Waals surface area contributed by atoms with E-state index in [2.05, 4.69) is 43.0 Å². The predicted molar refractivity (Wildman–Crippen MR) is 80.7 cm³/mol. The number of aromatic nitrogens is 2. The van der Waals surface area contributed by atoms with Gasteiger partial charge in [0.05, 0.1) is 5.39 Å². The molecule has 19 heavy (non-hydrogen) atoms. The van der Waals surface area contributed by atoms with Crippen LogP contribution in [0.2, 0.25) is 0 Å². The van der Waals surface area contributed by atoms with Crippen molar-refractivity contribution in [3.05, 3.63) is 16.8 Å². The molecule has 5 heteroatoms. The second kappa shape index (κ2) is 4.15. The second-order valence-corrected chi connectivity index (χ2v) is 7.25. The Hall–Kier alpha value is -1.20. The first kappa shape index (κ1) is 12.8. The lowest BCUT2D eigenvalue weighted by Crippen LogP contribution is -2.61. The van der Waals surface area contributed by atoms with E-state index in [0.717, 1.165) is 17.1 Å². The summed E-state index contributed by atoms with van der Waals surface area (Å²) in [5.41, 5.74) is 7.48. The zero-order valence-corrected chi connectivity index (χ0v) is 12.6. The minimum atomic E-state index is 0.121. The molecule has 3 rings (SSSR count). The third-order valence-corrected chi connectivity index (χ3v) is 5.73. The molecule has 0 saturated heterocycles. The normalized spacial score (nSPS) is 25.3. The fourth-order valence-electron chi connectivity index (χ4n) is 2.66. The van der Waals surface area contributed by atoms with Crippen molar-refractivity contribution >= 4 is 27.4 Å². The number of hydrogen-bond donors (Lipinski definition) is 2. The van der Waals surface area contributed by atoms with Gasteiger partial charge in [-0.3, -0.25) is 0 Å². The molecule has 1 aliphatic rings. The highest BCUT2D eigenvalue weighted by Gasteiger charge is 2.46. The highest BCUT2D eigenvalue weighted by Crippen LogP contribution is 2.42. The van der Waals surface area contributed by atoms with Crippen LogP contribution in [0.4, 0.5) is 5.82 Å². The van der Waals surface area contributed by atoms with E-state index >= 15 is 0 Å². The summed E-state index contributed by atoms with van der Waals surface area (Å²) < 4.78 is 0. The molecule has 0 radical (unpaired) electrons. The van der Waals surface area contributed by atoms with Crippen LogP contribution in [0.15, 0.2) is 6.33 Å². The number of nitrogens with zero attached hydrogens (tertiary/aromatic N) is 2. The number of nitrogens with two attached hydrogens (primary N) is 1. The minimum Gasteiger partial charge on any atom is -0.366 e. The standard InChI is InChI=1S/C14H20N4S/c1-7-8(2)19-13-11(7)12(16-6-17-13)18-10-5-9(15)14(10,3)4/h6,9-10H,5,15H2,1-4H3,(H,16,17,18). The lowest BCUT2D eigenvalue weighted by Gasteiger charge is -2.50. The van der Waals surface area contributed by atoms with E-state index in [4.69, 9.17) is 5.73 Å². The van der Waals surface area contributed by atoms with Gasteiger partial charge in [-0.2, -0.15) is 0 Å². The Morgan fingerprint density at radius 1 is 1.37 bits per heavy atom. The van der Waals surface area contributed by atoms with Gasteiger partial charge in [0.1, 0.15) is 17.0 Å². The van der Waals surface area contributed by atoms with Gasteiger partial charge in [-0.05, 0) is 25.8 Å². The second-order valence-electron chi connectivity index (χ2n) is 6.05. The zero-order chi connectivity index (χ0) is 13.8. The molecule has 1 saturated carbocycles. The summed E-state index contributed by atoms with van der Waals surface area (Å²) in [7, 11) is 0. The topological polar surface area (TPSA) is 63.8 Å². The lowest BCUT2D eigenvalue weighted by atomic mass is 9.63. The molecule has 2 aromatic heterocycles. The molecule has 1 fully saturated rings. The van der Waals surface area contributed by atoms with Crippen molar-refractivity contribution in [2.24, 2.45) is 11.1 Å². The van der Waals surface area contributed by atoms with Crippen molar-refractivity contribution in [2.75, 3.05) is 5.32 Å². The van der Waals surface area contributed by atoms with Crippen molar-refractivity contribution in [1.29, 1.82) is 0 Å². The van der Waals surface area contributed by atoms with Gasteiger partial charge in [0.25, 0.3) is 0 Å². The van der Waals surface area contributed by atoms with Gasteiger partial charge in [-0.25, -0.2) is 9.97 Å². The van der Waals surface area contributed by atoms with Crippen LogP contribution in [0.25, 0.3) is 10.2 Å². The van der Waals surface area contributed by atoms with Crippen LogP contribution in [0, 0.1) is 19.3 Å². The first-order chi connectivity index (χ1) is 8.91. The van der Waals surface area contributed by atoms with Gasteiger partial charge < -0.3 is 11.1 Å². The maximum atomic E-state index is 6.08. The van der Waals surface area contributed by atoms with Gasteiger partial charge in [-0.1, -0.05) is 13.8 Å². The molecule has 102 valence electrons. The number of nitrogens with one attached hydrogen (secondary N) is 1.